The predicted molar refractivity (Wildman–Crippen MR) is 178 cm³/mol. The smallest absolute Gasteiger partial charge is 0.345 e. The number of rotatable bonds is 15. The van der Waals surface area contributed by atoms with E-state index >= 15 is 0 Å². The van der Waals surface area contributed by atoms with Gasteiger partial charge < -0.3 is 37.6 Å². The monoisotopic (exact) mass is 678 g/mol. The third-order valence-electron chi connectivity index (χ3n) is 10.2. The van der Waals surface area contributed by atoms with Gasteiger partial charge in [-0.2, -0.15) is 0 Å². The quantitative estimate of drug-likeness (QED) is 0.0718. The first-order valence-corrected chi connectivity index (χ1v) is 18.5. The fourth-order valence-corrected chi connectivity index (χ4v) is 14.1. The molecule has 47 heavy (non-hydrogen) atoms. The fraction of sp³-hybridized carbons (Fsp3) is 0.686. The first-order chi connectivity index (χ1) is 22.2. The summed E-state index contributed by atoms with van der Waals surface area (Å²) in [5, 5.41) is 0. The van der Waals surface area contributed by atoms with E-state index in [1.165, 1.54) is 21.3 Å². The van der Waals surface area contributed by atoms with Crippen molar-refractivity contribution in [1.29, 1.82) is 0 Å². The highest BCUT2D eigenvalue weighted by atomic mass is 28.4. The van der Waals surface area contributed by atoms with Gasteiger partial charge in [-0.25, -0.2) is 4.79 Å². The number of hydrogen-bond donors (Lipinski definition) is 0. The maximum Gasteiger partial charge on any atom is 0.345 e. The van der Waals surface area contributed by atoms with Crippen LogP contribution in [0.15, 0.2) is 29.5 Å². The summed E-state index contributed by atoms with van der Waals surface area (Å²) in [4.78, 5) is 43.0. The zero-order valence-corrected chi connectivity index (χ0v) is 31.3. The molecule has 3 rings (SSSR count). The van der Waals surface area contributed by atoms with Crippen molar-refractivity contribution in [1.82, 2.24) is 0 Å². The van der Waals surface area contributed by atoms with Gasteiger partial charge in [0.05, 0.1) is 46.6 Å². The first kappa shape index (κ1) is 38.5. The predicted octanol–water partition coefficient (Wildman–Crippen LogP) is 5.95. The second-order valence-corrected chi connectivity index (χ2v) is 18.4. The zero-order valence-electron chi connectivity index (χ0n) is 30.3. The van der Waals surface area contributed by atoms with E-state index in [2.05, 4.69) is 41.5 Å². The number of hydrogen-bond acceptors (Lipinski definition) is 11. The normalized spacial score (nSPS) is 24.1. The fourth-order valence-electron chi connectivity index (χ4n) is 8.49. The highest BCUT2D eigenvalue weighted by Crippen LogP contribution is 2.64. The van der Waals surface area contributed by atoms with Crippen LogP contribution >= 0.6 is 0 Å². The number of ketones is 1. The number of carbonyl (C=O) groups is 3. The number of Topliss-reactive ketones (excluding diaryl/α,β-unsaturated/α-hetero) is 1. The minimum absolute atomic E-state index is 0.000488. The summed E-state index contributed by atoms with van der Waals surface area (Å²) in [7, 11) is 4.54. The molecule has 0 amide bonds. The summed E-state index contributed by atoms with van der Waals surface area (Å²) in [5.74, 6) is -5.37. The highest BCUT2D eigenvalue weighted by molar-refractivity contribution is 6.77. The molecule has 1 aromatic carbocycles. The van der Waals surface area contributed by atoms with Crippen LogP contribution in [0.4, 0.5) is 0 Å². The molecule has 12 heteroatoms. The van der Waals surface area contributed by atoms with Gasteiger partial charge >= 0.3 is 11.9 Å². The second-order valence-electron chi connectivity index (χ2n) is 13.0. The number of benzene rings is 1. The summed E-state index contributed by atoms with van der Waals surface area (Å²) in [5.41, 5.74) is -1.28. The Balaban J connectivity index is 2.61. The van der Waals surface area contributed by atoms with E-state index in [0.29, 0.717) is 11.5 Å². The molecule has 264 valence electrons. The molecule has 0 N–H and O–H groups in total. The molecule has 0 heterocycles. The molecular formula is C35H54O11Si. The van der Waals surface area contributed by atoms with Crippen LogP contribution in [-0.4, -0.2) is 86.7 Å². The number of fused-ring (bicyclic) bond motifs is 2. The molecule has 2 bridgehead atoms. The lowest BCUT2D eigenvalue weighted by Gasteiger charge is -2.60. The third-order valence-corrected chi connectivity index (χ3v) is 16.3. The van der Waals surface area contributed by atoms with Gasteiger partial charge in [-0.05, 0) is 48.2 Å². The van der Waals surface area contributed by atoms with Gasteiger partial charge in [0.25, 0.3) is 0 Å². The Morgan fingerprint density at radius 1 is 0.830 bits per heavy atom. The average molecular weight is 679 g/mol. The molecule has 11 nitrogen and oxygen atoms in total. The Labute approximate surface area is 280 Å². The number of carbonyl (C=O) groups excluding carboxylic acids is 3. The van der Waals surface area contributed by atoms with Crippen molar-refractivity contribution in [3.05, 3.63) is 35.1 Å². The van der Waals surface area contributed by atoms with E-state index in [1.54, 1.807) is 34.1 Å². The van der Waals surface area contributed by atoms with Crippen LogP contribution < -0.4 is 9.47 Å². The SMILES string of the molecule is CCOC(=O)C1=C(OC)[C@@H]2[C@H](c3ccc(OC)c(OC)c3)[C@@H](O[Si](C(C)C)(C(C)C)C(C)C)C[C@@](C(=O)OCC)(C1=O)C2(OC)OC. The minimum atomic E-state index is -2.69. The van der Waals surface area contributed by atoms with Gasteiger partial charge in [-0.3, -0.25) is 9.59 Å². The molecule has 1 saturated carbocycles. The summed E-state index contributed by atoms with van der Waals surface area (Å²) in [6.45, 7) is 16.3. The third kappa shape index (κ3) is 5.89. The van der Waals surface area contributed by atoms with Crippen LogP contribution in [-0.2, 0) is 42.5 Å². The molecule has 1 fully saturated rings. The molecule has 1 aromatic rings. The lowest BCUT2D eigenvalue weighted by atomic mass is 9.51. The number of methoxy groups -OCH3 is 5. The molecule has 2 aliphatic rings. The molecule has 2 aliphatic carbocycles. The minimum Gasteiger partial charge on any atom is -0.500 e. The van der Waals surface area contributed by atoms with E-state index in [4.69, 9.17) is 37.6 Å². The molecule has 0 aliphatic heterocycles. The molecule has 0 spiro atoms. The number of esters is 2. The van der Waals surface area contributed by atoms with Crippen molar-refractivity contribution < 1.29 is 52.0 Å². The Morgan fingerprint density at radius 2 is 1.38 bits per heavy atom. The summed E-state index contributed by atoms with van der Waals surface area (Å²) in [6.07, 6.45) is -0.944. The van der Waals surface area contributed by atoms with Crippen molar-refractivity contribution >= 4 is 26.0 Å². The van der Waals surface area contributed by atoms with Gasteiger partial charge in [0.2, 0.25) is 14.1 Å². The Kier molecular flexibility index (Phi) is 12.4. The lowest BCUT2D eigenvalue weighted by Crippen LogP contribution is -2.73. The van der Waals surface area contributed by atoms with Gasteiger partial charge in [0.15, 0.2) is 22.7 Å². The van der Waals surface area contributed by atoms with E-state index in [-0.39, 0.29) is 47.6 Å². The van der Waals surface area contributed by atoms with Crippen LogP contribution in [0.1, 0.15) is 73.3 Å². The molecule has 0 aromatic heterocycles. The van der Waals surface area contributed by atoms with E-state index < -0.39 is 55.2 Å². The molecule has 4 atom stereocenters. The van der Waals surface area contributed by atoms with Crippen LogP contribution in [0.5, 0.6) is 11.5 Å². The standard InChI is InChI=1S/C35H54O11Si/c1-14-44-32(37)28-30(41-11)29-27(23-16-17-24(39-9)25(18-23)40-10)26(46-47(20(3)4,21(5)6)22(7)8)19-34(31(28)36,33(38)45-15-2)35(29,42-12)43-13/h16-18,20-22,26-27,29H,14-15,19H2,1-13H3/t26-,27+,29-,34-/m0/s1. The van der Waals surface area contributed by atoms with Crippen molar-refractivity contribution in [3.63, 3.8) is 0 Å². The molecule has 0 unspecified atom stereocenters. The van der Waals surface area contributed by atoms with E-state index in [1.807, 2.05) is 12.1 Å². The van der Waals surface area contributed by atoms with E-state index in [0.717, 1.165) is 5.56 Å². The largest absolute Gasteiger partial charge is 0.500 e. The molecule has 0 saturated heterocycles. The zero-order chi connectivity index (χ0) is 35.5. The van der Waals surface area contributed by atoms with E-state index in [9.17, 15) is 14.4 Å². The maximum atomic E-state index is 15.0. The van der Waals surface area contributed by atoms with Crippen LogP contribution in [0.3, 0.4) is 0 Å². The first-order valence-electron chi connectivity index (χ1n) is 16.4. The summed E-state index contributed by atoms with van der Waals surface area (Å²) >= 11 is 0. The van der Waals surface area contributed by atoms with Crippen LogP contribution in [0, 0.1) is 11.3 Å². The maximum absolute atomic E-state index is 15.0. The summed E-state index contributed by atoms with van der Waals surface area (Å²) in [6, 6.07) is 5.51. The van der Waals surface area contributed by atoms with Gasteiger partial charge in [-0.1, -0.05) is 47.6 Å². The van der Waals surface area contributed by atoms with Crippen molar-refractivity contribution in [3.8, 4) is 11.5 Å². The second kappa shape index (κ2) is 15.1. The Bertz CT molecular complexity index is 1310. The average Bonchev–Trinajstić information content (AvgIpc) is 3.03. The summed E-state index contributed by atoms with van der Waals surface area (Å²) < 4.78 is 48.3. The molecule has 0 radical (unpaired) electrons. The van der Waals surface area contributed by atoms with Crippen molar-refractivity contribution in [2.75, 3.05) is 48.8 Å². The van der Waals surface area contributed by atoms with Gasteiger partial charge in [0.1, 0.15) is 11.3 Å². The topological polar surface area (TPSA) is 125 Å². The lowest BCUT2D eigenvalue weighted by molar-refractivity contribution is -0.319. The van der Waals surface area contributed by atoms with Gasteiger partial charge in [-0.15, -0.1) is 0 Å². The van der Waals surface area contributed by atoms with Crippen molar-refractivity contribution in [2.45, 2.75) is 96.2 Å². The van der Waals surface area contributed by atoms with Gasteiger partial charge in [0, 0.05) is 26.6 Å². The van der Waals surface area contributed by atoms with Crippen LogP contribution in [0.2, 0.25) is 16.6 Å². The Hall–Kier alpha value is -2.93. The Morgan fingerprint density at radius 3 is 1.83 bits per heavy atom. The number of ether oxygens (including phenoxy) is 7. The molecular weight excluding hydrogens is 624 g/mol. The highest BCUT2D eigenvalue weighted by Gasteiger charge is 2.78. The van der Waals surface area contributed by atoms with Crippen LogP contribution in [0.25, 0.3) is 0 Å². The van der Waals surface area contributed by atoms with Crippen molar-refractivity contribution in [2.24, 2.45) is 11.3 Å².